The van der Waals surface area contributed by atoms with Gasteiger partial charge >= 0.3 is 6.09 Å². The smallest absolute Gasteiger partial charge is 0.408 e. The van der Waals surface area contributed by atoms with E-state index in [1.54, 1.807) is 27.7 Å². The molecule has 1 unspecified atom stereocenters. The molecular weight excluding hydrogens is 280 g/mol. The number of rotatable bonds is 4. The first kappa shape index (κ1) is 15.2. The Hall–Kier alpha value is -2.23. The van der Waals surface area contributed by atoms with E-state index in [9.17, 15) is 9.59 Å². The molecule has 10 nitrogen and oxygen atoms in total. The zero-order valence-electron chi connectivity index (χ0n) is 12.3. The highest BCUT2D eigenvalue weighted by Crippen LogP contribution is 2.21. The highest BCUT2D eigenvalue weighted by atomic mass is 16.7. The lowest BCUT2D eigenvalue weighted by Crippen LogP contribution is -2.69. The number of nitrogens with one attached hydrogen (secondary N) is 2. The molecule has 0 aromatic carbocycles. The van der Waals surface area contributed by atoms with Gasteiger partial charge in [-0.2, -0.15) is 5.21 Å². The first-order valence-electron chi connectivity index (χ1n) is 6.46. The summed E-state index contributed by atoms with van der Waals surface area (Å²) in [4.78, 5) is 28.8. The van der Waals surface area contributed by atoms with Gasteiger partial charge in [0.2, 0.25) is 5.82 Å². The van der Waals surface area contributed by atoms with Gasteiger partial charge < -0.3 is 10.1 Å². The van der Waals surface area contributed by atoms with Crippen LogP contribution in [-0.2, 0) is 21.0 Å². The van der Waals surface area contributed by atoms with E-state index in [1.807, 2.05) is 0 Å². The molecule has 2 atom stereocenters. The predicted molar refractivity (Wildman–Crippen MR) is 68.4 cm³/mol. The molecule has 0 spiro atoms. The fourth-order valence-corrected chi connectivity index (χ4v) is 1.77. The number of hydrogen-bond donors (Lipinski definition) is 2. The second-order valence-corrected chi connectivity index (χ2v) is 5.63. The number of amides is 2. The summed E-state index contributed by atoms with van der Waals surface area (Å²) < 4.78 is 5.10. The Bertz CT molecular complexity index is 511. The van der Waals surface area contributed by atoms with Gasteiger partial charge in [0.1, 0.15) is 18.2 Å². The number of tetrazole rings is 1. The fraction of sp³-hybridized carbons (Fsp3) is 0.727. The average Bonchev–Trinajstić information content (AvgIpc) is 2.87. The Morgan fingerprint density at radius 1 is 1.48 bits per heavy atom. The molecule has 2 N–H and O–H groups in total. The van der Waals surface area contributed by atoms with Gasteiger partial charge in [-0.1, -0.05) is 5.21 Å². The number of alkyl carbamates (subject to hydrolysis) is 1. The second kappa shape index (κ2) is 5.64. The van der Waals surface area contributed by atoms with Crippen LogP contribution in [0.25, 0.3) is 0 Å². The van der Waals surface area contributed by atoms with Crippen LogP contribution >= 0.6 is 0 Å². The lowest BCUT2D eigenvalue weighted by atomic mass is 10.0. The SMILES string of the molecule is CC1[C@H](NC(=O)OC(C)(C)C)C(=O)N1OCc1nn[nH]n1. The van der Waals surface area contributed by atoms with Crippen molar-refractivity contribution in [1.29, 1.82) is 0 Å². The van der Waals surface area contributed by atoms with Crippen LogP contribution in [0.15, 0.2) is 0 Å². The molecule has 2 rings (SSSR count). The van der Waals surface area contributed by atoms with Crippen molar-refractivity contribution < 1.29 is 19.2 Å². The summed E-state index contributed by atoms with van der Waals surface area (Å²) in [6.45, 7) is 7.02. The molecule has 116 valence electrons. The zero-order valence-corrected chi connectivity index (χ0v) is 12.3. The number of carbonyl (C=O) groups excluding carboxylic acids is 2. The van der Waals surface area contributed by atoms with Crippen LogP contribution in [0.4, 0.5) is 4.79 Å². The van der Waals surface area contributed by atoms with Crippen molar-refractivity contribution in [3.05, 3.63) is 5.82 Å². The van der Waals surface area contributed by atoms with Gasteiger partial charge in [0.15, 0.2) is 0 Å². The van der Waals surface area contributed by atoms with Crippen molar-refractivity contribution in [2.75, 3.05) is 0 Å². The first-order valence-corrected chi connectivity index (χ1v) is 6.46. The lowest BCUT2D eigenvalue weighted by Gasteiger charge is -2.43. The molecule has 1 saturated heterocycles. The van der Waals surface area contributed by atoms with Crippen molar-refractivity contribution in [3.63, 3.8) is 0 Å². The molecule has 2 heterocycles. The van der Waals surface area contributed by atoms with E-state index in [1.165, 1.54) is 5.06 Å². The average molecular weight is 298 g/mol. The summed E-state index contributed by atoms with van der Waals surface area (Å²) in [6.07, 6.45) is -0.634. The summed E-state index contributed by atoms with van der Waals surface area (Å²) in [5.41, 5.74) is -0.616. The van der Waals surface area contributed by atoms with Gasteiger partial charge in [0.05, 0.1) is 6.04 Å². The molecule has 1 aromatic rings. The van der Waals surface area contributed by atoms with Crippen molar-refractivity contribution >= 4 is 12.0 Å². The van der Waals surface area contributed by atoms with Gasteiger partial charge in [-0.05, 0) is 27.7 Å². The Labute approximate surface area is 121 Å². The minimum Gasteiger partial charge on any atom is -0.444 e. The molecule has 1 aromatic heterocycles. The Balaban J connectivity index is 1.80. The van der Waals surface area contributed by atoms with Crippen LogP contribution in [0.2, 0.25) is 0 Å². The third-order valence-electron chi connectivity index (χ3n) is 2.73. The monoisotopic (exact) mass is 298 g/mol. The quantitative estimate of drug-likeness (QED) is 0.735. The largest absolute Gasteiger partial charge is 0.444 e. The van der Waals surface area contributed by atoms with E-state index in [4.69, 9.17) is 9.57 Å². The normalized spacial score (nSPS) is 21.9. The van der Waals surface area contributed by atoms with E-state index in [0.29, 0.717) is 5.82 Å². The van der Waals surface area contributed by atoms with Crippen LogP contribution in [0.3, 0.4) is 0 Å². The van der Waals surface area contributed by atoms with E-state index >= 15 is 0 Å². The molecule has 0 radical (unpaired) electrons. The number of aromatic amines is 1. The molecule has 1 aliphatic rings. The number of β-lactam (4-membered cyclic amide) rings is 1. The Morgan fingerprint density at radius 3 is 2.71 bits per heavy atom. The molecule has 10 heteroatoms. The maximum absolute atomic E-state index is 11.9. The summed E-state index contributed by atoms with van der Waals surface area (Å²) in [7, 11) is 0. The van der Waals surface area contributed by atoms with Crippen LogP contribution < -0.4 is 5.32 Å². The zero-order chi connectivity index (χ0) is 15.6. The topological polar surface area (TPSA) is 122 Å². The van der Waals surface area contributed by atoms with Gasteiger partial charge in [0.25, 0.3) is 5.91 Å². The fourth-order valence-electron chi connectivity index (χ4n) is 1.77. The molecule has 0 saturated carbocycles. The number of ether oxygens (including phenoxy) is 1. The Morgan fingerprint density at radius 2 is 2.19 bits per heavy atom. The summed E-state index contributed by atoms with van der Waals surface area (Å²) >= 11 is 0. The van der Waals surface area contributed by atoms with Gasteiger partial charge in [-0.15, -0.1) is 10.2 Å². The van der Waals surface area contributed by atoms with E-state index in [0.717, 1.165) is 0 Å². The van der Waals surface area contributed by atoms with Crippen LogP contribution in [0.5, 0.6) is 0 Å². The maximum atomic E-state index is 11.9. The van der Waals surface area contributed by atoms with Gasteiger partial charge in [-0.25, -0.2) is 9.86 Å². The lowest BCUT2D eigenvalue weighted by molar-refractivity contribution is -0.238. The van der Waals surface area contributed by atoms with E-state index < -0.39 is 17.7 Å². The number of hydrogen-bond acceptors (Lipinski definition) is 7. The van der Waals surface area contributed by atoms with Crippen LogP contribution in [0, 0.1) is 0 Å². The highest BCUT2D eigenvalue weighted by molar-refractivity contribution is 5.91. The van der Waals surface area contributed by atoms with Crippen LogP contribution in [-0.4, -0.2) is 55.4 Å². The minimum atomic E-state index is -0.662. The van der Waals surface area contributed by atoms with Crippen molar-refractivity contribution in [2.45, 2.75) is 52.0 Å². The van der Waals surface area contributed by atoms with Crippen molar-refractivity contribution in [1.82, 2.24) is 31.0 Å². The third-order valence-corrected chi connectivity index (χ3v) is 2.73. The Kier molecular flexibility index (Phi) is 4.07. The standard InChI is InChI=1S/C11H18N6O4/c1-6-8(12-10(19)21-11(2,3)4)9(18)17(6)20-5-7-13-15-16-14-7/h6,8H,5H2,1-4H3,(H,12,19)(H,13,14,15,16)/t6?,8-/m0/s1. The number of H-pyrrole nitrogens is 1. The number of carbonyl (C=O) groups is 2. The highest BCUT2D eigenvalue weighted by Gasteiger charge is 2.47. The molecular formula is C11H18N6O4. The molecule has 21 heavy (non-hydrogen) atoms. The molecule has 1 aliphatic heterocycles. The predicted octanol–water partition coefficient (Wildman–Crippen LogP) is -0.245. The molecule has 0 bridgehead atoms. The van der Waals surface area contributed by atoms with E-state index in [-0.39, 0.29) is 18.6 Å². The van der Waals surface area contributed by atoms with E-state index in [2.05, 4.69) is 25.9 Å². The summed E-state index contributed by atoms with van der Waals surface area (Å²) in [5, 5.41) is 16.7. The minimum absolute atomic E-state index is 0.0196. The number of nitrogens with zero attached hydrogens (tertiary/aromatic N) is 4. The number of aromatic nitrogens is 4. The maximum Gasteiger partial charge on any atom is 0.408 e. The molecule has 1 fully saturated rings. The summed E-state index contributed by atoms with van der Waals surface area (Å²) in [6, 6.07) is -0.970. The second-order valence-electron chi connectivity index (χ2n) is 5.63. The van der Waals surface area contributed by atoms with Gasteiger partial charge in [-0.3, -0.25) is 9.63 Å². The van der Waals surface area contributed by atoms with Crippen LogP contribution in [0.1, 0.15) is 33.5 Å². The van der Waals surface area contributed by atoms with Gasteiger partial charge in [0, 0.05) is 0 Å². The first-order chi connectivity index (χ1) is 9.78. The van der Waals surface area contributed by atoms with Crippen molar-refractivity contribution in [2.24, 2.45) is 0 Å². The summed E-state index contributed by atoms with van der Waals surface area (Å²) in [5.74, 6) is -0.0181. The third kappa shape index (κ3) is 3.66. The molecule has 0 aliphatic carbocycles. The van der Waals surface area contributed by atoms with Crippen molar-refractivity contribution in [3.8, 4) is 0 Å². The molecule has 2 amide bonds. The number of hydroxylamine groups is 2.